The molecule has 3 aromatic rings. The largest absolute Gasteiger partial charge is 0.489 e. The highest BCUT2D eigenvalue weighted by Crippen LogP contribution is 2.14. The van der Waals surface area contributed by atoms with Gasteiger partial charge in [-0.25, -0.2) is 10.4 Å². The molecule has 0 unspecified atom stereocenters. The number of nitrogens with one attached hydrogen (secondary N) is 1. The Hall–Kier alpha value is -3.59. The van der Waals surface area contributed by atoms with Crippen molar-refractivity contribution in [3.8, 4) is 11.8 Å². The Morgan fingerprint density at radius 3 is 2.71 bits per heavy atom. The fourth-order valence-corrected chi connectivity index (χ4v) is 1.96. The van der Waals surface area contributed by atoms with Gasteiger partial charge in [-0.05, 0) is 35.4 Å². The predicted octanol–water partition coefficient (Wildman–Crippen LogP) is 3.57. The Morgan fingerprint density at radius 2 is 1.96 bits per heavy atom. The average molecular weight is 318 g/mol. The molecule has 2 aromatic carbocycles. The number of hydrogen-bond acceptors (Lipinski definition) is 6. The molecule has 0 aliphatic heterocycles. The number of benzene rings is 2. The number of nitrogens with zero attached hydrogens (tertiary/aromatic N) is 3. The van der Waals surface area contributed by atoms with E-state index in [1.807, 2.05) is 60.7 Å². The molecule has 3 rings (SSSR count). The monoisotopic (exact) mass is 318 g/mol. The standard InChI is InChI=1S/C18H14N4O2/c19-10-17-18(24-13-20-17)22-21-11-14-6-8-16(9-7-14)23-12-15-4-2-1-3-5-15/h1-9,11,13,22H,12H2. The number of hydrazone groups is 1. The summed E-state index contributed by atoms with van der Waals surface area (Å²) in [7, 11) is 0. The molecule has 0 aliphatic carbocycles. The molecule has 6 nitrogen and oxygen atoms in total. The van der Waals surface area contributed by atoms with Crippen molar-refractivity contribution in [3.63, 3.8) is 0 Å². The number of oxazole rings is 1. The number of rotatable bonds is 6. The number of ether oxygens (including phenoxy) is 1. The van der Waals surface area contributed by atoms with Gasteiger partial charge in [-0.2, -0.15) is 10.4 Å². The molecule has 0 bridgehead atoms. The van der Waals surface area contributed by atoms with Crippen molar-refractivity contribution in [1.29, 1.82) is 5.26 Å². The van der Waals surface area contributed by atoms with Crippen LogP contribution < -0.4 is 10.2 Å². The van der Waals surface area contributed by atoms with Gasteiger partial charge in [-0.1, -0.05) is 30.3 Å². The molecule has 0 saturated heterocycles. The van der Waals surface area contributed by atoms with Crippen LogP contribution in [0.2, 0.25) is 0 Å². The fourth-order valence-electron chi connectivity index (χ4n) is 1.96. The smallest absolute Gasteiger partial charge is 0.251 e. The molecule has 24 heavy (non-hydrogen) atoms. The third-order valence-electron chi connectivity index (χ3n) is 3.18. The summed E-state index contributed by atoms with van der Waals surface area (Å²) in [4.78, 5) is 3.74. The summed E-state index contributed by atoms with van der Waals surface area (Å²) in [5.41, 5.74) is 4.80. The van der Waals surface area contributed by atoms with Crippen molar-refractivity contribution < 1.29 is 9.15 Å². The van der Waals surface area contributed by atoms with Crippen LogP contribution in [0, 0.1) is 11.3 Å². The lowest BCUT2D eigenvalue weighted by Crippen LogP contribution is -1.95. The fraction of sp³-hybridized carbons (Fsp3) is 0.0556. The van der Waals surface area contributed by atoms with Gasteiger partial charge in [0.2, 0.25) is 5.69 Å². The topological polar surface area (TPSA) is 83.4 Å². The molecule has 118 valence electrons. The molecule has 0 spiro atoms. The van der Waals surface area contributed by atoms with Gasteiger partial charge >= 0.3 is 0 Å². The summed E-state index contributed by atoms with van der Waals surface area (Å²) in [6, 6.07) is 19.4. The highest BCUT2D eigenvalue weighted by molar-refractivity contribution is 5.80. The number of hydrogen-bond donors (Lipinski definition) is 1. The molecular formula is C18H14N4O2. The molecule has 0 radical (unpaired) electrons. The first-order valence-electron chi connectivity index (χ1n) is 7.24. The maximum Gasteiger partial charge on any atom is 0.251 e. The highest BCUT2D eigenvalue weighted by atomic mass is 16.5. The molecule has 6 heteroatoms. The van der Waals surface area contributed by atoms with Gasteiger partial charge in [-0.15, -0.1) is 0 Å². The molecule has 1 N–H and O–H groups in total. The minimum atomic E-state index is 0.164. The molecule has 0 saturated carbocycles. The Bertz CT molecular complexity index is 849. The molecule has 0 aliphatic rings. The zero-order valence-corrected chi connectivity index (χ0v) is 12.7. The Labute approximate surface area is 139 Å². The van der Waals surface area contributed by atoms with E-state index >= 15 is 0 Å². The van der Waals surface area contributed by atoms with Crippen molar-refractivity contribution in [2.24, 2.45) is 5.10 Å². The Kier molecular flexibility index (Phi) is 4.85. The minimum Gasteiger partial charge on any atom is -0.489 e. The van der Waals surface area contributed by atoms with E-state index in [1.165, 1.54) is 6.39 Å². The van der Waals surface area contributed by atoms with E-state index in [-0.39, 0.29) is 11.6 Å². The van der Waals surface area contributed by atoms with Gasteiger partial charge in [-0.3, -0.25) is 0 Å². The number of anilines is 1. The van der Waals surface area contributed by atoms with Crippen LogP contribution in [0.5, 0.6) is 5.75 Å². The van der Waals surface area contributed by atoms with Crippen LogP contribution in [-0.4, -0.2) is 11.2 Å². The van der Waals surface area contributed by atoms with Crippen molar-refractivity contribution in [1.82, 2.24) is 4.98 Å². The minimum absolute atomic E-state index is 0.164. The normalized spacial score (nSPS) is 10.5. The third kappa shape index (κ3) is 3.99. The lowest BCUT2D eigenvalue weighted by Gasteiger charge is -2.06. The average Bonchev–Trinajstić information content (AvgIpc) is 3.09. The lowest BCUT2D eigenvalue weighted by atomic mass is 10.2. The summed E-state index contributed by atoms with van der Waals surface area (Å²) in [6.07, 6.45) is 2.81. The zero-order chi connectivity index (χ0) is 16.6. The second-order valence-corrected chi connectivity index (χ2v) is 4.86. The van der Waals surface area contributed by atoms with Crippen LogP contribution in [0.4, 0.5) is 5.88 Å². The van der Waals surface area contributed by atoms with Crippen LogP contribution in [0.15, 0.2) is 70.5 Å². The molecule has 0 fully saturated rings. The van der Waals surface area contributed by atoms with Gasteiger partial charge in [0.15, 0.2) is 6.39 Å². The van der Waals surface area contributed by atoms with E-state index in [2.05, 4.69) is 15.5 Å². The third-order valence-corrected chi connectivity index (χ3v) is 3.18. The predicted molar refractivity (Wildman–Crippen MR) is 89.7 cm³/mol. The van der Waals surface area contributed by atoms with E-state index in [9.17, 15) is 0 Å². The van der Waals surface area contributed by atoms with Crippen molar-refractivity contribution >= 4 is 12.1 Å². The number of aromatic nitrogens is 1. The van der Waals surface area contributed by atoms with Gasteiger partial charge in [0.1, 0.15) is 18.4 Å². The van der Waals surface area contributed by atoms with Gasteiger partial charge < -0.3 is 9.15 Å². The molecule has 1 aromatic heterocycles. The second kappa shape index (κ2) is 7.61. The summed E-state index contributed by atoms with van der Waals surface area (Å²) < 4.78 is 10.7. The molecule has 0 atom stereocenters. The van der Waals surface area contributed by atoms with E-state index in [1.54, 1.807) is 6.21 Å². The summed E-state index contributed by atoms with van der Waals surface area (Å²) in [6.45, 7) is 0.526. The van der Waals surface area contributed by atoms with E-state index < -0.39 is 0 Å². The first-order chi connectivity index (χ1) is 11.8. The van der Waals surface area contributed by atoms with Crippen LogP contribution in [0.3, 0.4) is 0 Å². The Morgan fingerprint density at radius 1 is 1.17 bits per heavy atom. The van der Waals surface area contributed by atoms with Crippen LogP contribution in [-0.2, 0) is 6.61 Å². The maximum absolute atomic E-state index is 8.81. The SMILES string of the molecule is N#Cc1ncoc1NN=Cc1ccc(OCc2ccccc2)cc1. The summed E-state index contributed by atoms with van der Waals surface area (Å²) in [5.74, 6) is 1.00. The number of nitriles is 1. The van der Waals surface area contributed by atoms with Crippen molar-refractivity contribution in [2.45, 2.75) is 6.61 Å². The van der Waals surface area contributed by atoms with E-state index in [4.69, 9.17) is 14.4 Å². The van der Waals surface area contributed by atoms with Crippen LogP contribution >= 0.6 is 0 Å². The van der Waals surface area contributed by atoms with E-state index in [0.29, 0.717) is 6.61 Å². The van der Waals surface area contributed by atoms with Crippen molar-refractivity contribution in [2.75, 3.05) is 5.43 Å². The molecule has 1 heterocycles. The summed E-state index contributed by atoms with van der Waals surface area (Å²) >= 11 is 0. The first-order valence-corrected chi connectivity index (χ1v) is 7.24. The highest BCUT2D eigenvalue weighted by Gasteiger charge is 2.04. The van der Waals surface area contributed by atoms with Gasteiger partial charge in [0.25, 0.3) is 5.88 Å². The Balaban J connectivity index is 1.54. The zero-order valence-electron chi connectivity index (χ0n) is 12.7. The van der Waals surface area contributed by atoms with Crippen LogP contribution in [0.1, 0.15) is 16.8 Å². The van der Waals surface area contributed by atoms with Gasteiger partial charge in [0.05, 0.1) is 6.21 Å². The second-order valence-electron chi connectivity index (χ2n) is 4.86. The van der Waals surface area contributed by atoms with Gasteiger partial charge in [0, 0.05) is 0 Å². The molecular weight excluding hydrogens is 304 g/mol. The first kappa shape index (κ1) is 15.3. The van der Waals surface area contributed by atoms with E-state index in [0.717, 1.165) is 16.9 Å². The quantitative estimate of drug-likeness (QED) is 0.555. The maximum atomic E-state index is 8.81. The van der Waals surface area contributed by atoms with Crippen LogP contribution in [0.25, 0.3) is 0 Å². The lowest BCUT2D eigenvalue weighted by molar-refractivity contribution is 0.306. The molecule has 0 amide bonds. The van der Waals surface area contributed by atoms with Crippen molar-refractivity contribution in [3.05, 3.63) is 77.8 Å². The summed E-state index contributed by atoms with van der Waals surface area (Å²) in [5, 5.41) is 12.8.